The number of rotatable bonds is 8. The van der Waals surface area contributed by atoms with E-state index in [2.05, 4.69) is 30.9 Å². The second-order valence-corrected chi connectivity index (χ2v) is 6.74. The van der Waals surface area contributed by atoms with Crippen molar-refractivity contribution in [1.29, 1.82) is 0 Å². The van der Waals surface area contributed by atoms with Gasteiger partial charge in [0.2, 0.25) is 0 Å². The van der Waals surface area contributed by atoms with Crippen molar-refractivity contribution in [1.82, 2.24) is 19.5 Å². The molecule has 0 aliphatic heterocycles. The molecule has 3 N–H and O–H groups in total. The summed E-state index contributed by atoms with van der Waals surface area (Å²) in [6, 6.07) is 7.76. The molecule has 0 radical (unpaired) electrons. The molecule has 3 rings (SSSR count). The third-order valence-corrected chi connectivity index (χ3v) is 4.60. The number of benzene rings is 1. The van der Waals surface area contributed by atoms with Crippen LogP contribution in [0.2, 0.25) is 0 Å². The number of fused-ring (bicyclic) bond motifs is 1. The Morgan fingerprint density at radius 1 is 1.29 bits per heavy atom. The van der Waals surface area contributed by atoms with Crippen molar-refractivity contribution in [3.63, 3.8) is 0 Å². The molecule has 2 aromatic heterocycles. The number of hydrogen-bond acceptors (Lipinski definition) is 8. The zero-order valence-electron chi connectivity index (χ0n) is 15.3. The van der Waals surface area contributed by atoms with Crippen molar-refractivity contribution in [2.45, 2.75) is 19.4 Å². The standard InChI is InChI=1S/C18H20BrN5O4/c1-27-13(26)9-11-4-2-5-12(8-11)10-24-16-14(21-17(24)19)15(20)22-18(23-16)28-7-3-6-25/h2,4-5,8,25H,3,6-7,9-10H2,1H3,(H2,20,22,23). The molecule has 0 amide bonds. The van der Waals surface area contributed by atoms with Gasteiger partial charge in [-0.2, -0.15) is 9.97 Å². The quantitative estimate of drug-likeness (QED) is 0.302. The average Bonchev–Trinajstić information content (AvgIpc) is 2.98. The molecule has 0 saturated carbocycles. The van der Waals surface area contributed by atoms with E-state index < -0.39 is 0 Å². The molecule has 0 spiro atoms. The number of esters is 1. The average molecular weight is 450 g/mol. The zero-order chi connectivity index (χ0) is 20.1. The highest BCUT2D eigenvalue weighted by atomic mass is 79.9. The first kappa shape index (κ1) is 20.0. The summed E-state index contributed by atoms with van der Waals surface area (Å²) in [6.07, 6.45) is 0.672. The lowest BCUT2D eigenvalue weighted by atomic mass is 10.1. The number of nitrogens with zero attached hydrogens (tertiary/aromatic N) is 4. The molecule has 148 valence electrons. The second-order valence-electron chi connectivity index (χ2n) is 6.03. The Bertz CT molecular complexity index is 992. The maximum absolute atomic E-state index is 11.5. The van der Waals surface area contributed by atoms with E-state index in [1.807, 2.05) is 28.8 Å². The molecule has 28 heavy (non-hydrogen) atoms. The molecule has 0 aliphatic rings. The van der Waals surface area contributed by atoms with Crippen molar-refractivity contribution in [2.75, 3.05) is 26.1 Å². The van der Waals surface area contributed by atoms with Gasteiger partial charge in [-0.05, 0) is 27.1 Å². The van der Waals surface area contributed by atoms with Gasteiger partial charge in [-0.1, -0.05) is 24.3 Å². The molecule has 1 aromatic carbocycles. The number of aliphatic hydroxyl groups is 1. The first-order valence-corrected chi connectivity index (χ1v) is 9.38. The number of carbonyl (C=O) groups is 1. The smallest absolute Gasteiger partial charge is 0.320 e. The number of aliphatic hydroxyl groups excluding tert-OH is 1. The fraction of sp³-hybridized carbons (Fsp3) is 0.333. The fourth-order valence-electron chi connectivity index (χ4n) is 2.67. The summed E-state index contributed by atoms with van der Waals surface area (Å²) in [5, 5.41) is 8.88. The number of aromatic nitrogens is 4. The van der Waals surface area contributed by atoms with Gasteiger partial charge in [-0.25, -0.2) is 4.98 Å². The minimum atomic E-state index is -0.295. The fourth-order valence-corrected chi connectivity index (χ4v) is 3.14. The summed E-state index contributed by atoms with van der Waals surface area (Å²) in [5.74, 6) is -0.0838. The van der Waals surface area contributed by atoms with Gasteiger partial charge in [-0.15, -0.1) is 0 Å². The van der Waals surface area contributed by atoms with E-state index in [0.717, 1.165) is 11.1 Å². The first-order chi connectivity index (χ1) is 13.5. The molecule has 3 aromatic rings. The van der Waals surface area contributed by atoms with Gasteiger partial charge in [0.15, 0.2) is 21.7 Å². The molecule has 0 aliphatic carbocycles. The molecule has 10 heteroatoms. The minimum Gasteiger partial charge on any atom is -0.469 e. The highest BCUT2D eigenvalue weighted by molar-refractivity contribution is 9.10. The Labute approximate surface area is 169 Å². The van der Waals surface area contributed by atoms with Gasteiger partial charge >= 0.3 is 12.0 Å². The topological polar surface area (TPSA) is 125 Å². The van der Waals surface area contributed by atoms with Gasteiger partial charge in [0.05, 0.1) is 26.7 Å². The van der Waals surface area contributed by atoms with Crippen molar-refractivity contribution >= 4 is 38.9 Å². The van der Waals surface area contributed by atoms with E-state index >= 15 is 0 Å². The maximum Gasteiger partial charge on any atom is 0.320 e. The van der Waals surface area contributed by atoms with Crippen LogP contribution in [0.4, 0.5) is 5.82 Å². The third kappa shape index (κ3) is 4.57. The Kier molecular flexibility index (Phi) is 6.42. The van der Waals surface area contributed by atoms with Gasteiger partial charge in [0, 0.05) is 13.0 Å². The van der Waals surface area contributed by atoms with Crippen LogP contribution < -0.4 is 10.5 Å². The summed E-state index contributed by atoms with van der Waals surface area (Å²) in [5.41, 5.74) is 8.81. The largest absolute Gasteiger partial charge is 0.469 e. The number of ether oxygens (including phenoxy) is 2. The van der Waals surface area contributed by atoms with Crippen LogP contribution in [0.5, 0.6) is 6.01 Å². The van der Waals surface area contributed by atoms with Crippen molar-refractivity contribution in [3.05, 3.63) is 40.1 Å². The number of hydrogen-bond donors (Lipinski definition) is 2. The first-order valence-electron chi connectivity index (χ1n) is 8.59. The summed E-state index contributed by atoms with van der Waals surface area (Å²) in [7, 11) is 1.37. The number of halogens is 1. The van der Waals surface area contributed by atoms with Crippen LogP contribution >= 0.6 is 15.9 Å². The Hall–Kier alpha value is -2.72. The van der Waals surface area contributed by atoms with Crippen LogP contribution in [0.15, 0.2) is 29.0 Å². The number of nitrogens with two attached hydrogens (primary N) is 1. The lowest BCUT2D eigenvalue weighted by Gasteiger charge is -2.09. The predicted molar refractivity (Wildman–Crippen MR) is 106 cm³/mol. The van der Waals surface area contributed by atoms with E-state index in [9.17, 15) is 4.79 Å². The number of imidazole rings is 1. The predicted octanol–water partition coefficient (Wildman–Crippen LogP) is 1.70. The van der Waals surface area contributed by atoms with E-state index in [1.165, 1.54) is 7.11 Å². The molecule has 0 unspecified atom stereocenters. The van der Waals surface area contributed by atoms with E-state index in [4.69, 9.17) is 20.3 Å². The molecule has 0 atom stereocenters. The summed E-state index contributed by atoms with van der Waals surface area (Å²) in [6.45, 7) is 0.758. The number of methoxy groups -OCH3 is 1. The van der Waals surface area contributed by atoms with Crippen molar-refractivity contribution < 1.29 is 19.4 Å². The van der Waals surface area contributed by atoms with Crippen molar-refractivity contribution in [3.8, 4) is 6.01 Å². The van der Waals surface area contributed by atoms with Crippen molar-refractivity contribution in [2.24, 2.45) is 0 Å². The van der Waals surface area contributed by atoms with Crippen LogP contribution in [-0.2, 0) is 22.5 Å². The third-order valence-electron chi connectivity index (χ3n) is 4.00. The second kappa shape index (κ2) is 8.98. The summed E-state index contributed by atoms with van der Waals surface area (Å²) < 4.78 is 12.6. The van der Waals surface area contributed by atoms with Gasteiger partial charge in [0.25, 0.3) is 0 Å². The molecular formula is C18H20BrN5O4. The normalized spacial score (nSPS) is 11.0. The Balaban J connectivity index is 1.91. The van der Waals surface area contributed by atoms with E-state index in [0.29, 0.717) is 28.9 Å². The molecule has 0 bridgehead atoms. The lowest BCUT2D eigenvalue weighted by molar-refractivity contribution is -0.139. The van der Waals surface area contributed by atoms with E-state index in [1.54, 1.807) is 0 Å². The number of anilines is 1. The Morgan fingerprint density at radius 2 is 2.07 bits per heavy atom. The number of carbonyl (C=O) groups excluding carboxylic acids is 1. The highest BCUT2D eigenvalue weighted by Crippen LogP contribution is 2.25. The van der Waals surface area contributed by atoms with Gasteiger partial charge in [0.1, 0.15) is 0 Å². The minimum absolute atomic E-state index is 0.0170. The molecule has 0 saturated heterocycles. The molecule has 0 fully saturated rings. The molecule has 9 nitrogen and oxygen atoms in total. The highest BCUT2D eigenvalue weighted by Gasteiger charge is 2.16. The SMILES string of the molecule is COC(=O)Cc1cccc(Cn2c(Br)nc3c(N)nc(OCCCO)nc32)c1. The van der Waals surface area contributed by atoms with Crippen LogP contribution in [0.25, 0.3) is 11.2 Å². The van der Waals surface area contributed by atoms with Gasteiger partial charge in [-0.3, -0.25) is 9.36 Å². The van der Waals surface area contributed by atoms with E-state index in [-0.39, 0.29) is 37.4 Å². The summed E-state index contributed by atoms with van der Waals surface area (Å²) in [4.78, 5) is 24.4. The molecule has 2 heterocycles. The zero-order valence-corrected chi connectivity index (χ0v) is 16.8. The van der Waals surface area contributed by atoms with Crippen LogP contribution in [-0.4, -0.2) is 50.9 Å². The number of nitrogen functional groups attached to an aromatic ring is 1. The van der Waals surface area contributed by atoms with Crippen LogP contribution in [0, 0.1) is 0 Å². The lowest BCUT2D eigenvalue weighted by Crippen LogP contribution is -2.08. The van der Waals surface area contributed by atoms with Gasteiger partial charge < -0.3 is 20.3 Å². The van der Waals surface area contributed by atoms with Crippen LogP contribution in [0.3, 0.4) is 0 Å². The maximum atomic E-state index is 11.5. The molecular weight excluding hydrogens is 430 g/mol. The Morgan fingerprint density at radius 3 is 2.82 bits per heavy atom. The van der Waals surface area contributed by atoms with Crippen LogP contribution in [0.1, 0.15) is 17.5 Å². The summed E-state index contributed by atoms with van der Waals surface area (Å²) >= 11 is 3.44. The monoisotopic (exact) mass is 449 g/mol.